The van der Waals surface area contributed by atoms with Gasteiger partial charge in [-0.2, -0.15) is 0 Å². The molecule has 0 amide bonds. The Labute approximate surface area is 290 Å². The van der Waals surface area contributed by atoms with E-state index in [1.165, 1.54) is 91.3 Å². The van der Waals surface area contributed by atoms with Gasteiger partial charge in [0.25, 0.3) is 0 Å². The Morgan fingerprint density at radius 3 is 1.84 bits per heavy atom. The minimum atomic E-state index is 1.14. The summed E-state index contributed by atoms with van der Waals surface area (Å²) in [5, 5.41) is 11.5. The van der Waals surface area contributed by atoms with Crippen LogP contribution in [0.1, 0.15) is 0 Å². The quantitative estimate of drug-likeness (QED) is 0.173. The molecular weight excluding hydrogens is 627 g/mol. The Morgan fingerprint density at radius 2 is 0.980 bits per heavy atom. The van der Waals surface area contributed by atoms with Crippen LogP contribution < -0.4 is 4.90 Å². The Morgan fingerprint density at radius 1 is 0.380 bits per heavy atom. The van der Waals surface area contributed by atoms with Gasteiger partial charge in [0.2, 0.25) is 0 Å². The highest BCUT2D eigenvalue weighted by Crippen LogP contribution is 2.49. The number of fused-ring (bicyclic) bond motifs is 15. The maximum atomic E-state index is 2.49. The van der Waals surface area contributed by atoms with E-state index in [2.05, 4.69) is 177 Å². The van der Waals surface area contributed by atoms with Gasteiger partial charge in [0, 0.05) is 47.7 Å². The van der Waals surface area contributed by atoms with Gasteiger partial charge < -0.3 is 4.90 Å². The molecule has 4 aromatic heterocycles. The minimum absolute atomic E-state index is 1.14. The minimum Gasteiger partial charge on any atom is -0.310 e. The summed E-state index contributed by atoms with van der Waals surface area (Å²) in [5.74, 6) is 0. The highest BCUT2D eigenvalue weighted by Gasteiger charge is 2.26. The lowest BCUT2D eigenvalue weighted by Gasteiger charge is -2.27. The number of thiophene rings is 1. The van der Waals surface area contributed by atoms with E-state index in [9.17, 15) is 0 Å². The van der Waals surface area contributed by atoms with Crippen LogP contribution >= 0.6 is 11.3 Å². The number of imidazole rings is 1. The molecule has 0 spiro atoms. The van der Waals surface area contributed by atoms with Gasteiger partial charge in [-0.05, 0) is 82.2 Å². The Balaban J connectivity index is 1.21. The lowest BCUT2D eigenvalue weighted by Crippen LogP contribution is -2.10. The summed E-state index contributed by atoms with van der Waals surface area (Å²) in [4.78, 5) is 2.49. The third kappa shape index (κ3) is 3.38. The Bertz CT molecular complexity index is 3340. The average Bonchev–Trinajstić information content (AvgIpc) is 3.90. The van der Waals surface area contributed by atoms with Gasteiger partial charge in [0.05, 0.1) is 27.8 Å². The molecule has 12 rings (SSSR count). The number of hydrogen-bond donors (Lipinski definition) is 0. The molecule has 8 aromatic carbocycles. The van der Waals surface area contributed by atoms with E-state index < -0.39 is 0 Å². The van der Waals surface area contributed by atoms with Gasteiger partial charge in [-0.3, -0.25) is 8.80 Å². The predicted octanol–water partition coefficient (Wildman–Crippen LogP) is 13.2. The summed E-state index contributed by atoms with van der Waals surface area (Å²) in [6.45, 7) is 0. The SMILES string of the molecule is c1ccc2c(c1)ccc1cc(N(c3ccc4c(c3)sc3ccccc34)c3cccc4c3c3c5ccccc5n5c6ccccc6n4c35)ccc12. The fourth-order valence-corrected chi connectivity index (χ4v) is 9.85. The normalized spacial score (nSPS) is 12.4. The van der Waals surface area contributed by atoms with Crippen LogP contribution in [0.3, 0.4) is 0 Å². The van der Waals surface area contributed by atoms with Crippen molar-refractivity contribution < 1.29 is 0 Å². The summed E-state index contributed by atoms with van der Waals surface area (Å²) in [6, 6.07) is 60.5. The van der Waals surface area contributed by atoms with Crippen molar-refractivity contribution in [2.45, 2.75) is 0 Å². The molecule has 232 valence electrons. The van der Waals surface area contributed by atoms with Crippen LogP contribution in [-0.2, 0) is 0 Å². The summed E-state index contributed by atoms with van der Waals surface area (Å²) in [7, 11) is 0. The first-order chi connectivity index (χ1) is 24.8. The van der Waals surface area contributed by atoms with Gasteiger partial charge in [-0.15, -0.1) is 11.3 Å². The molecular formula is C46H27N3S. The van der Waals surface area contributed by atoms with Gasteiger partial charge in [-0.25, -0.2) is 0 Å². The zero-order valence-electron chi connectivity index (χ0n) is 26.8. The molecule has 0 aliphatic carbocycles. The van der Waals surface area contributed by atoms with Gasteiger partial charge >= 0.3 is 0 Å². The lowest BCUT2D eigenvalue weighted by atomic mass is 10.0. The van der Waals surface area contributed by atoms with Crippen LogP contribution in [-0.4, -0.2) is 8.80 Å². The van der Waals surface area contributed by atoms with E-state index in [0.29, 0.717) is 0 Å². The topological polar surface area (TPSA) is 12.1 Å². The maximum Gasteiger partial charge on any atom is 0.131 e. The lowest BCUT2D eigenvalue weighted by molar-refractivity contribution is 1.28. The second-order valence-corrected chi connectivity index (χ2v) is 14.4. The molecule has 50 heavy (non-hydrogen) atoms. The molecule has 0 unspecified atom stereocenters. The standard InChI is InChI=1S/C46H27N3S/c1-2-11-32-28(10-1)20-21-29-26-30(22-24-33(29)32)47(31-23-25-35-34-12-4-8-19-42(34)50-43(35)27-31)40-17-9-18-41-45(40)44-36-13-3-5-14-37(36)48-38-15-6-7-16-39(38)49(41)46(44)48/h1-27H. The second kappa shape index (κ2) is 9.63. The fourth-order valence-electron chi connectivity index (χ4n) is 8.71. The van der Waals surface area contributed by atoms with Crippen molar-refractivity contribution >= 4 is 114 Å². The fraction of sp³-hybridized carbons (Fsp3) is 0. The van der Waals surface area contributed by atoms with Crippen molar-refractivity contribution in [3.63, 3.8) is 0 Å². The van der Waals surface area contributed by atoms with Crippen LogP contribution in [0.15, 0.2) is 164 Å². The van der Waals surface area contributed by atoms with Crippen LogP contribution in [0.2, 0.25) is 0 Å². The van der Waals surface area contributed by atoms with Crippen molar-refractivity contribution in [2.24, 2.45) is 0 Å². The molecule has 4 heteroatoms. The monoisotopic (exact) mass is 653 g/mol. The molecule has 0 N–H and O–H groups in total. The van der Waals surface area contributed by atoms with E-state index >= 15 is 0 Å². The molecule has 0 atom stereocenters. The summed E-state index contributed by atoms with van der Waals surface area (Å²) >= 11 is 1.87. The zero-order valence-corrected chi connectivity index (χ0v) is 27.7. The third-order valence-electron chi connectivity index (χ3n) is 10.8. The molecule has 0 saturated carbocycles. The van der Waals surface area contributed by atoms with Crippen molar-refractivity contribution in [3.05, 3.63) is 164 Å². The van der Waals surface area contributed by atoms with E-state index in [4.69, 9.17) is 0 Å². The number of aromatic nitrogens is 2. The van der Waals surface area contributed by atoms with Gasteiger partial charge in [0.1, 0.15) is 5.65 Å². The van der Waals surface area contributed by atoms with Gasteiger partial charge in [-0.1, -0.05) is 103 Å². The largest absolute Gasteiger partial charge is 0.310 e. The van der Waals surface area contributed by atoms with Gasteiger partial charge in [0.15, 0.2) is 0 Å². The molecule has 12 aromatic rings. The number of hydrogen-bond acceptors (Lipinski definition) is 2. The first kappa shape index (κ1) is 26.6. The smallest absolute Gasteiger partial charge is 0.131 e. The molecule has 3 nitrogen and oxygen atoms in total. The van der Waals surface area contributed by atoms with E-state index in [0.717, 1.165) is 11.4 Å². The van der Waals surface area contributed by atoms with E-state index in [-0.39, 0.29) is 0 Å². The van der Waals surface area contributed by atoms with Crippen LogP contribution in [0.5, 0.6) is 0 Å². The second-order valence-electron chi connectivity index (χ2n) is 13.4. The average molecular weight is 654 g/mol. The first-order valence-corrected chi connectivity index (χ1v) is 17.9. The van der Waals surface area contributed by atoms with Crippen molar-refractivity contribution in [2.75, 3.05) is 4.90 Å². The number of rotatable bonds is 3. The molecule has 0 aliphatic heterocycles. The van der Waals surface area contributed by atoms with Crippen LogP contribution in [0.25, 0.3) is 85.6 Å². The van der Waals surface area contributed by atoms with Crippen molar-refractivity contribution in [3.8, 4) is 0 Å². The summed E-state index contributed by atoms with van der Waals surface area (Å²) < 4.78 is 7.54. The molecule has 0 saturated heterocycles. The van der Waals surface area contributed by atoms with Crippen molar-refractivity contribution in [1.82, 2.24) is 8.80 Å². The summed E-state index contributed by atoms with van der Waals surface area (Å²) in [5.41, 5.74) is 9.62. The zero-order chi connectivity index (χ0) is 32.5. The summed E-state index contributed by atoms with van der Waals surface area (Å²) in [6.07, 6.45) is 0. The first-order valence-electron chi connectivity index (χ1n) is 17.1. The maximum absolute atomic E-state index is 2.49. The Kier molecular flexibility index (Phi) is 5.12. The molecule has 0 radical (unpaired) electrons. The van der Waals surface area contributed by atoms with Crippen LogP contribution in [0, 0.1) is 0 Å². The molecule has 0 bridgehead atoms. The number of para-hydroxylation sites is 3. The van der Waals surface area contributed by atoms with E-state index in [1.807, 2.05) is 11.3 Å². The molecule has 4 heterocycles. The number of nitrogens with zero attached hydrogens (tertiary/aromatic N) is 3. The Hall–Kier alpha value is -6.36. The molecule has 0 aliphatic rings. The molecule has 0 fully saturated rings. The third-order valence-corrected chi connectivity index (χ3v) is 11.9. The highest BCUT2D eigenvalue weighted by molar-refractivity contribution is 7.25. The number of benzene rings is 8. The van der Waals surface area contributed by atoms with Crippen LogP contribution in [0.4, 0.5) is 17.1 Å². The van der Waals surface area contributed by atoms with E-state index in [1.54, 1.807) is 0 Å². The highest BCUT2D eigenvalue weighted by atomic mass is 32.1. The van der Waals surface area contributed by atoms with Crippen molar-refractivity contribution in [1.29, 1.82) is 0 Å². The predicted molar refractivity (Wildman–Crippen MR) is 215 cm³/mol. The number of anilines is 3.